The largest absolute Gasteiger partial charge is 0.429 e. The molecule has 2 aromatic heterocycles. The maximum absolute atomic E-state index is 11.4. The lowest BCUT2D eigenvalue weighted by atomic mass is 10.0. The lowest BCUT2D eigenvalue weighted by Crippen LogP contribution is -2.26. The molecule has 5 N–H and O–H groups in total. The van der Waals surface area contributed by atoms with Crippen molar-refractivity contribution in [3.05, 3.63) is 34.9 Å². The van der Waals surface area contributed by atoms with Gasteiger partial charge in [-0.25, -0.2) is 14.5 Å². The van der Waals surface area contributed by atoms with E-state index in [1.165, 1.54) is 11.8 Å². The van der Waals surface area contributed by atoms with Crippen molar-refractivity contribution in [3.63, 3.8) is 0 Å². The summed E-state index contributed by atoms with van der Waals surface area (Å²) < 4.78 is 11.9. The van der Waals surface area contributed by atoms with Crippen molar-refractivity contribution in [3.8, 4) is 0 Å². The van der Waals surface area contributed by atoms with Crippen molar-refractivity contribution in [2.24, 2.45) is 5.92 Å². The molecule has 0 saturated carbocycles. The van der Waals surface area contributed by atoms with Crippen LogP contribution in [0.3, 0.4) is 0 Å². The Morgan fingerprint density at radius 2 is 1.91 bits per heavy atom. The molecule has 0 aliphatic carbocycles. The fourth-order valence-electron chi connectivity index (χ4n) is 3.09. The first-order valence-corrected chi connectivity index (χ1v) is 13.5. The molecule has 3 rings (SSSR count). The summed E-state index contributed by atoms with van der Waals surface area (Å²) >= 11 is 8.75. The van der Waals surface area contributed by atoms with Crippen LogP contribution in [0.4, 0.5) is 10.9 Å². The highest BCUT2D eigenvalue weighted by Crippen LogP contribution is 2.42. The third kappa shape index (κ3) is 6.77. The quantitative estimate of drug-likeness (QED) is 0.143. The number of hydrogen-bond donors (Lipinski definition) is 5. The second-order valence-corrected chi connectivity index (χ2v) is 11.6. The van der Waals surface area contributed by atoms with Crippen molar-refractivity contribution >= 4 is 63.7 Å². The molecule has 0 spiro atoms. The Morgan fingerprint density at radius 3 is 2.53 bits per heavy atom. The number of aliphatic hydroxyl groups is 1. The Bertz CT molecular complexity index is 1130. The van der Waals surface area contributed by atoms with Crippen molar-refractivity contribution in [2.75, 3.05) is 17.0 Å². The van der Waals surface area contributed by atoms with Crippen molar-refractivity contribution in [2.45, 2.75) is 43.6 Å². The monoisotopic (exact) mass is 517 g/mol. The minimum absolute atomic E-state index is 0.0383. The average molecular weight is 518 g/mol. The van der Waals surface area contributed by atoms with Crippen molar-refractivity contribution in [1.82, 2.24) is 15.0 Å². The molecule has 0 fully saturated rings. The van der Waals surface area contributed by atoms with Crippen LogP contribution >= 0.6 is 42.4 Å². The van der Waals surface area contributed by atoms with Crippen LogP contribution in [0.2, 0.25) is 5.02 Å². The van der Waals surface area contributed by atoms with Crippen LogP contribution in [0.25, 0.3) is 10.3 Å². The molecular formula is C19H25ClN5O4PS2. The maximum Gasteiger partial charge on any atom is 0.429 e. The Labute approximate surface area is 199 Å². The zero-order chi connectivity index (χ0) is 23.5. The number of benzene rings is 1. The standard InChI is InChI=1S/C19H25ClN5O4PS2/c1-10(2)8-12(9-26)21-16-15-17(24-19(32-15)25-30(27,28)29)23-18(22-16)31-11(3)13-6-4-5-7-14(13)20/h4-7,10-12,26H,8-9H2,1-3H3,(H4,21,22,23,24,25,27,28,29). The second-order valence-electron chi connectivity index (χ2n) is 7.62. The van der Waals surface area contributed by atoms with Crippen LogP contribution in [-0.2, 0) is 4.57 Å². The smallest absolute Gasteiger partial charge is 0.394 e. The van der Waals surface area contributed by atoms with Crippen LogP contribution in [0, 0.1) is 5.92 Å². The highest BCUT2D eigenvalue weighted by atomic mass is 35.5. The van der Waals surface area contributed by atoms with Gasteiger partial charge in [-0.15, -0.1) is 0 Å². The number of rotatable bonds is 10. The predicted octanol–water partition coefficient (Wildman–Crippen LogP) is 4.92. The van der Waals surface area contributed by atoms with Gasteiger partial charge in [0.25, 0.3) is 0 Å². The average Bonchev–Trinajstić information content (AvgIpc) is 3.08. The maximum atomic E-state index is 11.4. The van der Waals surface area contributed by atoms with Crippen LogP contribution < -0.4 is 10.4 Å². The number of aliphatic hydroxyl groups excluding tert-OH is 1. The minimum Gasteiger partial charge on any atom is -0.394 e. The zero-order valence-electron chi connectivity index (χ0n) is 17.7. The van der Waals surface area contributed by atoms with Gasteiger partial charge in [-0.05, 0) is 30.9 Å². The van der Waals surface area contributed by atoms with E-state index in [0.717, 1.165) is 16.9 Å². The van der Waals surface area contributed by atoms with E-state index < -0.39 is 7.75 Å². The molecule has 13 heteroatoms. The Hall–Kier alpha value is -1.46. The number of hydrogen-bond acceptors (Lipinski definition) is 8. The SMILES string of the molecule is CC(C)CC(CO)Nc1nc(SC(C)c2ccccc2Cl)nc2nc(NP(=O)(O)O)sc12. The molecule has 3 aromatic rings. The summed E-state index contributed by atoms with van der Waals surface area (Å²) in [7, 11) is -4.52. The first-order chi connectivity index (χ1) is 15.1. The van der Waals surface area contributed by atoms with Crippen LogP contribution in [-0.4, -0.2) is 42.5 Å². The van der Waals surface area contributed by atoms with E-state index in [2.05, 4.69) is 39.2 Å². The van der Waals surface area contributed by atoms with Gasteiger partial charge >= 0.3 is 7.75 Å². The first-order valence-electron chi connectivity index (χ1n) is 9.86. The molecule has 0 amide bonds. The Kier molecular flexibility index (Phi) is 8.37. The molecule has 174 valence electrons. The number of nitrogens with one attached hydrogen (secondary N) is 2. The minimum atomic E-state index is -4.52. The van der Waals surface area contributed by atoms with Gasteiger partial charge < -0.3 is 20.2 Å². The van der Waals surface area contributed by atoms with Gasteiger partial charge in [0.15, 0.2) is 21.8 Å². The van der Waals surface area contributed by atoms with E-state index in [-0.39, 0.29) is 23.0 Å². The number of fused-ring (bicyclic) bond motifs is 1. The van der Waals surface area contributed by atoms with Crippen LogP contribution in [0.1, 0.15) is 38.0 Å². The second kappa shape index (κ2) is 10.6. The summed E-state index contributed by atoms with van der Waals surface area (Å²) in [5.41, 5.74) is 1.24. The molecule has 9 nitrogen and oxygen atoms in total. The van der Waals surface area contributed by atoms with Gasteiger partial charge in [0.1, 0.15) is 4.70 Å². The predicted molar refractivity (Wildman–Crippen MR) is 131 cm³/mol. The lowest BCUT2D eigenvalue weighted by Gasteiger charge is -2.19. The molecule has 0 saturated heterocycles. The van der Waals surface area contributed by atoms with Gasteiger partial charge in [-0.1, -0.05) is 66.7 Å². The zero-order valence-corrected chi connectivity index (χ0v) is 21.0. The Morgan fingerprint density at radius 1 is 1.19 bits per heavy atom. The number of aromatic nitrogens is 3. The summed E-state index contributed by atoms with van der Waals surface area (Å²) in [6.45, 7) is 6.01. The van der Waals surface area contributed by atoms with Crippen molar-refractivity contribution in [1.29, 1.82) is 0 Å². The van der Waals surface area contributed by atoms with Gasteiger partial charge in [0.05, 0.1) is 12.6 Å². The number of thiazole rings is 1. The third-order valence-electron chi connectivity index (χ3n) is 4.42. The molecule has 0 aliphatic rings. The van der Waals surface area contributed by atoms with Crippen LogP contribution in [0.15, 0.2) is 29.4 Å². The molecular weight excluding hydrogens is 493 g/mol. The van der Waals surface area contributed by atoms with Crippen LogP contribution in [0.5, 0.6) is 0 Å². The summed E-state index contributed by atoms with van der Waals surface area (Å²) in [5, 5.41) is 16.2. The molecule has 0 aliphatic heterocycles. The summed E-state index contributed by atoms with van der Waals surface area (Å²) in [6.07, 6.45) is 0.715. The summed E-state index contributed by atoms with van der Waals surface area (Å²) in [6, 6.07) is 7.29. The number of thioether (sulfide) groups is 1. The van der Waals surface area contributed by atoms with E-state index in [0.29, 0.717) is 38.7 Å². The summed E-state index contributed by atoms with van der Waals surface area (Å²) in [4.78, 5) is 31.8. The topological polar surface area (TPSA) is 140 Å². The molecule has 0 radical (unpaired) electrons. The number of halogens is 1. The molecule has 0 bridgehead atoms. The number of nitrogens with zero attached hydrogens (tertiary/aromatic N) is 3. The molecule has 2 unspecified atom stereocenters. The highest BCUT2D eigenvalue weighted by molar-refractivity contribution is 7.99. The highest BCUT2D eigenvalue weighted by Gasteiger charge is 2.22. The van der Waals surface area contributed by atoms with E-state index in [9.17, 15) is 19.5 Å². The van der Waals surface area contributed by atoms with E-state index >= 15 is 0 Å². The summed E-state index contributed by atoms with van der Waals surface area (Å²) in [5.74, 6) is 0.805. The lowest BCUT2D eigenvalue weighted by molar-refractivity contribution is 0.259. The normalized spacial score (nSPS) is 14.0. The fourth-order valence-corrected chi connectivity index (χ4v) is 5.94. The van der Waals surface area contributed by atoms with Gasteiger partial charge in [0, 0.05) is 10.3 Å². The molecule has 2 atom stereocenters. The Balaban J connectivity index is 1.99. The molecule has 32 heavy (non-hydrogen) atoms. The van der Waals surface area contributed by atoms with E-state index in [4.69, 9.17) is 11.6 Å². The molecule has 1 aromatic carbocycles. The number of anilines is 2. The van der Waals surface area contributed by atoms with E-state index in [1.807, 2.05) is 31.2 Å². The first kappa shape index (κ1) is 25.2. The van der Waals surface area contributed by atoms with Gasteiger partial charge in [0.2, 0.25) is 0 Å². The van der Waals surface area contributed by atoms with E-state index in [1.54, 1.807) is 0 Å². The van der Waals surface area contributed by atoms with Crippen molar-refractivity contribution < 1.29 is 19.5 Å². The van der Waals surface area contributed by atoms with Gasteiger partial charge in [-0.3, -0.25) is 5.09 Å². The molecule has 2 heterocycles. The van der Waals surface area contributed by atoms with Gasteiger partial charge in [-0.2, -0.15) is 4.98 Å². The fraction of sp³-hybridized carbons (Fsp3) is 0.421. The third-order valence-corrected chi connectivity index (χ3v) is 7.38.